The van der Waals surface area contributed by atoms with Crippen LogP contribution in [-0.4, -0.2) is 38.7 Å². The summed E-state index contributed by atoms with van der Waals surface area (Å²) in [6.45, 7) is 4.60. The van der Waals surface area contributed by atoms with Crippen molar-refractivity contribution in [3.8, 4) is 5.75 Å². The SMILES string of the molecule is Cc1cc(C(=O)N2CCOc3ccc(S(C)(=O)=O)cc32)c2nccc(C)c2c1. The highest BCUT2D eigenvalue weighted by atomic mass is 32.2. The minimum atomic E-state index is -3.40. The van der Waals surface area contributed by atoms with E-state index in [9.17, 15) is 13.2 Å². The number of anilines is 1. The Morgan fingerprint density at radius 1 is 1.14 bits per heavy atom. The van der Waals surface area contributed by atoms with Gasteiger partial charge in [0, 0.05) is 17.8 Å². The van der Waals surface area contributed by atoms with Crippen LogP contribution in [0.4, 0.5) is 5.69 Å². The molecule has 1 aromatic heterocycles. The van der Waals surface area contributed by atoms with E-state index in [2.05, 4.69) is 4.98 Å². The van der Waals surface area contributed by atoms with Crippen molar-refractivity contribution >= 4 is 32.3 Å². The fourth-order valence-electron chi connectivity index (χ4n) is 3.48. The third-order valence-corrected chi connectivity index (χ3v) is 6.01. The van der Waals surface area contributed by atoms with Crippen molar-refractivity contribution in [1.82, 2.24) is 4.98 Å². The lowest BCUT2D eigenvalue weighted by Gasteiger charge is -2.30. The lowest BCUT2D eigenvalue weighted by molar-refractivity contribution is 0.0978. The normalized spacial score (nSPS) is 13.9. The van der Waals surface area contributed by atoms with Crippen molar-refractivity contribution in [2.75, 3.05) is 24.3 Å². The number of fused-ring (bicyclic) bond motifs is 2. The highest BCUT2D eigenvalue weighted by Crippen LogP contribution is 2.35. The van der Waals surface area contributed by atoms with Gasteiger partial charge >= 0.3 is 0 Å². The lowest BCUT2D eigenvalue weighted by atomic mass is 10.0. The number of hydrogen-bond acceptors (Lipinski definition) is 5. The predicted molar refractivity (Wildman–Crippen MR) is 108 cm³/mol. The number of sulfone groups is 1. The van der Waals surface area contributed by atoms with Crippen LogP contribution in [0.1, 0.15) is 21.5 Å². The molecule has 0 saturated carbocycles. The zero-order valence-corrected chi connectivity index (χ0v) is 16.7. The minimum absolute atomic E-state index is 0.151. The smallest absolute Gasteiger partial charge is 0.260 e. The summed E-state index contributed by atoms with van der Waals surface area (Å²) in [5, 5.41) is 0.934. The van der Waals surface area contributed by atoms with Gasteiger partial charge in [-0.25, -0.2) is 8.42 Å². The minimum Gasteiger partial charge on any atom is -0.490 e. The zero-order valence-electron chi connectivity index (χ0n) is 15.9. The molecule has 6 nitrogen and oxygen atoms in total. The number of pyridine rings is 1. The highest BCUT2D eigenvalue weighted by Gasteiger charge is 2.28. The number of aromatic nitrogens is 1. The Labute approximate surface area is 163 Å². The average Bonchev–Trinajstić information content (AvgIpc) is 2.66. The number of carbonyl (C=O) groups is 1. The van der Waals surface area contributed by atoms with Crippen LogP contribution in [0, 0.1) is 13.8 Å². The Hall–Kier alpha value is -2.93. The number of nitrogens with zero attached hydrogens (tertiary/aromatic N) is 2. The molecule has 0 saturated heterocycles. The van der Waals surface area contributed by atoms with E-state index in [1.165, 1.54) is 12.1 Å². The molecule has 0 fully saturated rings. The molecular formula is C21H20N2O4S. The van der Waals surface area contributed by atoms with E-state index < -0.39 is 9.84 Å². The second kappa shape index (κ2) is 6.60. The maximum atomic E-state index is 13.5. The van der Waals surface area contributed by atoms with Crippen LogP contribution in [-0.2, 0) is 9.84 Å². The van der Waals surface area contributed by atoms with Crippen LogP contribution in [0.15, 0.2) is 47.5 Å². The topological polar surface area (TPSA) is 76.6 Å². The fourth-order valence-corrected chi connectivity index (χ4v) is 4.12. The maximum absolute atomic E-state index is 13.5. The first-order valence-corrected chi connectivity index (χ1v) is 10.8. The van der Waals surface area contributed by atoms with Crippen LogP contribution in [0.25, 0.3) is 10.9 Å². The number of amides is 1. The molecular weight excluding hydrogens is 376 g/mol. The summed E-state index contributed by atoms with van der Waals surface area (Å²) < 4.78 is 29.6. The largest absolute Gasteiger partial charge is 0.490 e. The fraction of sp³-hybridized carbons (Fsp3) is 0.238. The molecule has 4 rings (SSSR count). The van der Waals surface area contributed by atoms with E-state index in [1.54, 1.807) is 17.2 Å². The van der Waals surface area contributed by atoms with Gasteiger partial charge < -0.3 is 9.64 Å². The van der Waals surface area contributed by atoms with Crippen LogP contribution in [0.3, 0.4) is 0 Å². The first kappa shape index (κ1) is 18.4. The Kier molecular flexibility index (Phi) is 4.34. The zero-order chi connectivity index (χ0) is 20.1. The molecule has 0 unspecified atom stereocenters. The van der Waals surface area contributed by atoms with Crippen molar-refractivity contribution in [2.45, 2.75) is 18.7 Å². The maximum Gasteiger partial charge on any atom is 0.260 e. The summed E-state index contributed by atoms with van der Waals surface area (Å²) in [7, 11) is -3.40. The molecule has 0 N–H and O–H groups in total. The molecule has 7 heteroatoms. The second-order valence-electron chi connectivity index (χ2n) is 7.04. The monoisotopic (exact) mass is 396 g/mol. The molecule has 144 valence electrons. The molecule has 0 aliphatic carbocycles. The molecule has 3 aromatic rings. The van der Waals surface area contributed by atoms with E-state index in [1.807, 2.05) is 32.0 Å². The number of rotatable bonds is 2. The summed E-state index contributed by atoms with van der Waals surface area (Å²) in [6.07, 6.45) is 2.84. The first-order chi connectivity index (χ1) is 13.3. The third-order valence-electron chi connectivity index (χ3n) is 4.90. The van der Waals surface area contributed by atoms with Gasteiger partial charge in [-0.15, -0.1) is 0 Å². The Bertz CT molecular complexity index is 1220. The van der Waals surface area contributed by atoms with Crippen LogP contribution >= 0.6 is 0 Å². The lowest BCUT2D eigenvalue weighted by Crippen LogP contribution is -2.38. The molecule has 1 aliphatic heterocycles. The van der Waals surface area contributed by atoms with Gasteiger partial charge in [-0.1, -0.05) is 0 Å². The Balaban J connectivity index is 1.88. The van der Waals surface area contributed by atoms with E-state index in [4.69, 9.17) is 4.74 Å². The molecule has 1 amide bonds. The van der Waals surface area contributed by atoms with E-state index in [-0.39, 0.29) is 10.8 Å². The third kappa shape index (κ3) is 3.11. The molecule has 0 spiro atoms. The standard InChI is InChI=1S/C21H20N2O4S/c1-13-10-16-14(2)6-7-22-20(16)17(11-13)21(24)23-8-9-27-19-5-4-15(12-18(19)23)28(3,25)26/h4-7,10-12H,8-9H2,1-3H3. The van der Waals surface area contributed by atoms with E-state index in [0.29, 0.717) is 35.7 Å². The van der Waals surface area contributed by atoms with E-state index >= 15 is 0 Å². The van der Waals surface area contributed by atoms with Crippen molar-refractivity contribution in [1.29, 1.82) is 0 Å². The number of ether oxygens (including phenoxy) is 1. The number of hydrogen-bond donors (Lipinski definition) is 0. The van der Waals surface area contributed by atoms with Gasteiger partial charge in [0.05, 0.1) is 28.2 Å². The summed E-state index contributed by atoms with van der Waals surface area (Å²) in [5.41, 5.74) is 3.61. The molecule has 0 radical (unpaired) electrons. The van der Waals surface area contributed by atoms with Crippen LogP contribution in [0.5, 0.6) is 5.75 Å². The van der Waals surface area contributed by atoms with Gasteiger partial charge in [0.2, 0.25) is 0 Å². The van der Waals surface area contributed by atoms with Gasteiger partial charge in [0.1, 0.15) is 12.4 Å². The van der Waals surface area contributed by atoms with Crippen molar-refractivity contribution in [3.05, 3.63) is 59.3 Å². The summed E-state index contributed by atoms with van der Waals surface area (Å²) in [4.78, 5) is 19.6. The highest BCUT2D eigenvalue weighted by molar-refractivity contribution is 7.90. The van der Waals surface area contributed by atoms with Crippen molar-refractivity contribution in [2.24, 2.45) is 0 Å². The van der Waals surface area contributed by atoms with Crippen molar-refractivity contribution < 1.29 is 17.9 Å². The molecule has 0 atom stereocenters. The van der Waals surface area contributed by atoms with Gasteiger partial charge in [0.25, 0.3) is 5.91 Å². The van der Waals surface area contributed by atoms with Crippen LogP contribution < -0.4 is 9.64 Å². The van der Waals surface area contributed by atoms with Gasteiger partial charge in [-0.2, -0.15) is 0 Å². The summed E-state index contributed by atoms with van der Waals surface area (Å²) in [6, 6.07) is 10.4. The van der Waals surface area contributed by atoms with Gasteiger partial charge in [-0.05, 0) is 61.4 Å². The molecule has 0 bridgehead atoms. The van der Waals surface area contributed by atoms with Gasteiger partial charge in [0.15, 0.2) is 9.84 Å². The van der Waals surface area contributed by atoms with Crippen LogP contribution in [0.2, 0.25) is 0 Å². The molecule has 2 aromatic carbocycles. The summed E-state index contributed by atoms with van der Waals surface area (Å²) >= 11 is 0. The summed E-state index contributed by atoms with van der Waals surface area (Å²) in [5.74, 6) is 0.273. The van der Waals surface area contributed by atoms with E-state index in [0.717, 1.165) is 22.8 Å². The van der Waals surface area contributed by atoms with Gasteiger partial charge in [-0.3, -0.25) is 9.78 Å². The Morgan fingerprint density at radius 2 is 1.93 bits per heavy atom. The molecule has 28 heavy (non-hydrogen) atoms. The average molecular weight is 396 g/mol. The quantitative estimate of drug-likeness (QED) is 0.664. The Morgan fingerprint density at radius 3 is 2.68 bits per heavy atom. The predicted octanol–water partition coefficient (Wildman–Crippen LogP) is 3.29. The van der Waals surface area contributed by atoms with Crippen molar-refractivity contribution in [3.63, 3.8) is 0 Å². The first-order valence-electron chi connectivity index (χ1n) is 8.90. The second-order valence-corrected chi connectivity index (χ2v) is 9.06. The number of carbonyl (C=O) groups excluding carboxylic acids is 1. The molecule has 1 aliphatic rings. The molecule has 2 heterocycles. The number of aryl methyl sites for hydroxylation is 2. The number of benzene rings is 2.